The first-order chi connectivity index (χ1) is 11.8. The van der Waals surface area contributed by atoms with Crippen LogP contribution in [0.2, 0.25) is 0 Å². The molecule has 0 aromatic heterocycles. The lowest BCUT2D eigenvalue weighted by molar-refractivity contribution is -0.195. The van der Waals surface area contributed by atoms with Gasteiger partial charge in [0.2, 0.25) is 0 Å². The molecule has 1 saturated heterocycles. The summed E-state index contributed by atoms with van der Waals surface area (Å²) < 4.78 is 11.8. The number of hydrogen-bond donors (Lipinski definition) is 1. The molecule has 1 aromatic carbocycles. The molecule has 2 unspecified atom stereocenters. The molecular formula is C21H32O3. The molecule has 3 nitrogen and oxygen atoms in total. The topological polar surface area (TPSA) is 38.7 Å². The van der Waals surface area contributed by atoms with Crippen LogP contribution < -0.4 is 0 Å². The van der Waals surface area contributed by atoms with Crippen molar-refractivity contribution in [2.75, 3.05) is 6.61 Å². The van der Waals surface area contributed by atoms with Gasteiger partial charge in [-0.25, -0.2) is 0 Å². The Kier molecular flexibility index (Phi) is 7.13. The van der Waals surface area contributed by atoms with Crippen molar-refractivity contribution in [3.63, 3.8) is 0 Å². The summed E-state index contributed by atoms with van der Waals surface area (Å²) in [5.41, 5.74) is 1.37. The van der Waals surface area contributed by atoms with Crippen molar-refractivity contribution in [1.29, 1.82) is 0 Å². The molecule has 1 heterocycles. The van der Waals surface area contributed by atoms with Crippen molar-refractivity contribution in [3.8, 4) is 0 Å². The maximum absolute atomic E-state index is 10.5. The molecule has 0 radical (unpaired) electrons. The molecule has 1 aliphatic heterocycles. The average molecular weight is 332 g/mol. The average Bonchev–Trinajstić information content (AvgIpc) is 2.64. The van der Waals surface area contributed by atoms with E-state index in [0.717, 1.165) is 58.0 Å². The molecule has 1 aliphatic carbocycles. The summed E-state index contributed by atoms with van der Waals surface area (Å²) >= 11 is 0. The molecule has 2 atom stereocenters. The summed E-state index contributed by atoms with van der Waals surface area (Å²) in [6.07, 6.45) is 11.0. The standard InChI is InChI=1S/C21H32O3/c22-20(10-6-9-17-7-2-1-3-8-17)18-12-14-19(15-13-18)24-21-11-4-5-16-23-21/h1-3,7-8,18-22H,4-6,9-16H2. The maximum Gasteiger partial charge on any atom is 0.157 e. The fraction of sp³-hybridized carbons (Fsp3) is 0.714. The lowest BCUT2D eigenvalue weighted by atomic mass is 9.82. The number of aliphatic hydroxyl groups is 1. The molecule has 1 N–H and O–H groups in total. The zero-order chi connectivity index (χ0) is 16.6. The Bertz CT molecular complexity index is 447. The van der Waals surface area contributed by atoms with Gasteiger partial charge in [0.15, 0.2) is 6.29 Å². The second-order valence-electron chi connectivity index (χ2n) is 7.41. The van der Waals surface area contributed by atoms with E-state index in [9.17, 15) is 5.11 Å². The highest BCUT2D eigenvalue weighted by molar-refractivity contribution is 5.14. The number of aryl methyl sites for hydroxylation is 1. The minimum absolute atomic E-state index is 0.0242. The van der Waals surface area contributed by atoms with Gasteiger partial charge in [-0.3, -0.25) is 0 Å². The van der Waals surface area contributed by atoms with E-state index in [2.05, 4.69) is 30.3 Å². The summed E-state index contributed by atoms with van der Waals surface area (Å²) in [6.45, 7) is 0.847. The Morgan fingerprint density at radius 2 is 1.83 bits per heavy atom. The van der Waals surface area contributed by atoms with E-state index in [1.54, 1.807) is 0 Å². The quantitative estimate of drug-likeness (QED) is 0.800. The summed E-state index contributed by atoms with van der Waals surface area (Å²) in [6, 6.07) is 10.6. The third-order valence-corrected chi connectivity index (χ3v) is 5.55. The zero-order valence-electron chi connectivity index (χ0n) is 14.7. The Labute approximate surface area is 146 Å². The van der Waals surface area contributed by atoms with Gasteiger partial charge in [0.25, 0.3) is 0 Å². The molecule has 0 spiro atoms. The minimum Gasteiger partial charge on any atom is -0.393 e. The van der Waals surface area contributed by atoms with Gasteiger partial charge in [-0.2, -0.15) is 0 Å². The molecule has 2 fully saturated rings. The van der Waals surface area contributed by atoms with Gasteiger partial charge in [0, 0.05) is 6.61 Å². The lowest BCUT2D eigenvalue weighted by Gasteiger charge is -2.34. The molecule has 0 bridgehead atoms. The van der Waals surface area contributed by atoms with Crippen LogP contribution in [0.1, 0.15) is 63.4 Å². The Morgan fingerprint density at radius 1 is 1.04 bits per heavy atom. The smallest absolute Gasteiger partial charge is 0.157 e. The largest absolute Gasteiger partial charge is 0.393 e. The van der Waals surface area contributed by atoms with Crippen LogP contribution in [-0.4, -0.2) is 30.2 Å². The van der Waals surface area contributed by atoms with E-state index < -0.39 is 0 Å². The lowest BCUT2D eigenvalue weighted by Crippen LogP contribution is -2.33. The molecule has 2 aliphatic rings. The minimum atomic E-state index is -0.152. The van der Waals surface area contributed by atoms with E-state index in [1.165, 1.54) is 18.4 Å². The van der Waals surface area contributed by atoms with Gasteiger partial charge in [-0.15, -0.1) is 0 Å². The van der Waals surface area contributed by atoms with Gasteiger partial charge in [-0.1, -0.05) is 30.3 Å². The highest BCUT2D eigenvalue weighted by Gasteiger charge is 2.28. The van der Waals surface area contributed by atoms with Crippen molar-refractivity contribution in [1.82, 2.24) is 0 Å². The van der Waals surface area contributed by atoms with Crippen molar-refractivity contribution < 1.29 is 14.6 Å². The second-order valence-corrected chi connectivity index (χ2v) is 7.41. The maximum atomic E-state index is 10.5. The van der Waals surface area contributed by atoms with Crippen LogP contribution in [0.15, 0.2) is 30.3 Å². The van der Waals surface area contributed by atoms with Gasteiger partial charge >= 0.3 is 0 Å². The van der Waals surface area contributed by atoms with Crippen LogP contribution in [-0.2, 0) is 15.9 Å². The summed E-state index contributed by atoms with van der Waals surface area (Å²) in [7, 11) is 0. The second kappa shape index (κ2) is 9.55. The molecule has 3 rings (SSSR count). The van der Waals surface area contributed by atoms with Crippen molar-refractivity contribution in [3.05, 3.63) is 35.9 Å². The van der Waals surface area contributed by atoms with Crippen molar-refractivity contribution in [2.45, 2.75) is 82.7 Å². The van der Waals surface area contributed by atoms with Crippen LogP contribution in [0.3, 0.4) is 0 Å². The van der Waals surface area contributed by atoms with E-state index in [4.69, 9.17) is 9.47 Å². The number of aliphatic hydroxyl groups excluding tert-OH is 1. The summed E-state index contributed by atoms with van der Waals surface area (Å²) in [4.78, 5) is 0. The number of rotatable bonds is 7. The monoisotopic (exact) mass is 332 g/mol. The van der Waals surface area contributed by atoms with E-state index in [1.807, 2.05) is 0 Å². The fourth-order valence-electron chi connectivity index (χ4n) is 4.04. The Balaban J connectivity index is 1.32. The normalized spacial score (nSPS) is 29.3. The van der Waals surface area contributed by atoms with Gasteiger partial charge in [-0.05, 0) is 75.7 Å². The number of benzene rings is 1. The number of ether oxygens (including phenoxy) is 2. The van der Waals surface area contributed by atoms with E-state index in [-0.39, 0.29) is 12.4 Å². The molecule has 134 valence electrons. The van der Waals surface area contributed by atoms with Crippen LogP contribution >= 0.6 is 0 Å². The van der Waals surface area contributed by atoms with Crippen LogP contribution in [0, 0.1) is 5.92 Å². The van der Waals surface area contributed by atoms with Gasteiger partial charge in [0.1, 0.15) is 0 Å². The Hall–Kier alpha value is -0.900. The van der Waals surface area contributed by atoms with Crippen LogP contribution in [0.5, 0.6) is 0 Å². The number of hydrogen-bond acceptors (Lipinski definition) is 3. The molecular weight excluding hydrogens is 300 g/mol. The summed E-state index contributed by atoms with van der Waals surface area (Å²) in [5, 5.41) is 10.5. The van der Waals surface area contributed by atoms with Gasteiger partial charge < -0.3 is 14.6 Å². The molecule has 1 saturated carbocycles. The van der Waals surface area contributed by atoms with Crippen molar-refractivity contribution >= 4 is 0 Å². The third-order valence-electron chi connectivity index (χ3n) is 5.55. The molecule has 3 heteroatoms. The van der Waals surface area contributed by atoms with Gasteiger partial charge in [0.05, 0.1) is 12.2 Å². The summed E-state index contributed by atoms with van der Waals surface area (Å²) in [5.74, 6) is 0.452. The highest BCUT2D eigenvalue weighted by Crippen LogP contribution is 2.32. The predicted molar refractivity (Wildman–Crippen MR) is 95.8 cm³/mol. The van der Waals surface area contributed by atoms with Crippen LogP contribution in [0.25, 0.3) is 0 Å². The third kappa shape index (κ3) is 5.58. The Morgan fingerprint density at radius 3 is 2.54 bits per heavy atom. The first kappa shape index (κ1) is 17.9. The van der Waals surface area contributed by atoms with Crippen LogP contribution in [0.4, 0.5) is 0 Å². The zero-order valence-corrected chi connectivity index (χ0v) is 14.7. The van der Waals surface area contributed by atoms with E-state index in [0.29, 0.717) is 12.0 Å². The molecule has 1 aromatic rings. The molecule has 0 amide bonds. The predicted octanol–water partition coefficient (Wildman–Crippen LogP) is 4.47. The SMILES string of the molecule is OC(CCCc1ccccc1)C1CCC(OC2CCCCO2)CC1. The first-order valence-corrected chi connectivity index (χ1v) is 9.80. The molecule has 24 heavy (non-hydrogen) atoms. The first-order valence-electron chi connectivity index (χ1n) is 9.80. The highest BCUT2D eigenvalue weighted by atomic mass is 16.7. The van der Waals surface area contributed by atoms with E-state index >= 15 is 0 Å². The van der Waals surface area contributed by atoms with Crippen molar-refractivity contribution in [2.24, 2.45) is 5.92 Å². The fourth-order valence-corrected chi connectivity index (χ4v) is 4.04.